The number of carbonyl (C=O) groups excluding carboxylic acids is 1. The molecule has 0 saturated carbocycles. The monoisotopic (exact) mass is 402 g/mol. The quantitative estimate of drug-likeness (QED) is 0.733. The van der Waals surface area contributed by atoms with E-state index in [9.17, 15) is 13.2 Å². The molecule has 0 spiro atoms. The highest BCUT2D eigenvalue weighted by Gasteiger charge is 2.18. The molecular formula is C16H21ClN3O3S2+. The van der Waals surface area contributed by atoms with Gasteiger partial charge in [-0.15, -0.1) is 11.3 Å². The third kappa shape index (κ3) is 5.52. The minimum atomic E-state index is -3.53. The van der Waals surface area contributed by atoms with Crippen molar-refractivity contribution in [3.63, 3.8) is 0 Å². The largest absolute Gasteiger partial charge is 0.325 e. The second kappa shape index (κ2) is 8.29. The first kappa shape index (κ1) is 19.9. The molecule has 1 aromatic carbocycles. The number of amides is 1. The molecule has 136 valence electrons. The number of hydrogen-bond acceptors (Lipinski definition) is 4. The lowest BCUT2D eigenvalue weighted by molar-refractivity contribution is -0.884. The van der Waals surface area contributed by atoms with Gasteiger partial charge in [-0.1, -0.05) is 17.7 Å². The number of carbonyl (C=O) groups is 1. The summed E-state index contributed by atoms with van der Waals surface area (Å²) in [6, 6.07) is 10.0. The Kier molecular flexibility index (Phi) is 6.59. The number of benzene rings is 1. The van der Waals surface area contributed by atoms with Crippen LogP contribution >= 0.6 is 22.9 Å². The zero-order chi connectivity index (χ0) is 18.6. The van der Waals surface area contributed by atoms with E-state index in [0.29, 0.717) is 12.2 Å². The van der Waals surface area contributed by atoms with E-state index in [2.05, 4.69) is 5.32 Å². The summed E-state index contributed by atoms with van der Waals surface area (Å²) in [7, 11) is 1.32. The highest BCUT2D eigenvalue weighted by atomic mass is 35.5. The lowest BCUT2D eigenvalue weighted by Gasteiger charge is -2.14. The molecule has 0 aliphatic rings. The van der Waals surface area contributed by atoms with E-state index in [-0.39, 0.29) is 17.3 Å². The Morgan fingerprint density at radius 3 is 2.60 bits per heavy atom. The van der Waals surface area contributed by atoms with Crippen molar-refractivity contribution in [1.82, 2.24) is 4.31 Å². The van der Waals surface area contributed by atoms with Crippen LogP contribution in [-0.4, -0.2) is 46.3 Å². The van der Waals surface area contributed by atoms with Crippen molar-refractivity contribution in [3.8, 4) is 0 Å². The van der Waals surface area contributed by atoms with Gasteiger partial charge < -0.3 is 10.2 Å². The number of sulfonamides is 1. The van der Waals surface area contributed by atoms with Crippen LogP contribution in [0.3, 0.4) is 0 Å². The van der Waals surface area contributed by atoms with Gasteiger partial charge in [0, 0.05) is 19.8 Å². The van der Waals surface area contributed by atoms with E-state index in [4.69, 9.17) is 11.6 Å². The molecule has 9 heteroatoms. The minimum absolute atomic E-state index is 0.143. The molecule has 0 fully saturated rings. The number of quaternary nitrogens is 1. The summed E-state index contributed by atoms with van der Waals surface area (Å²) < 4.78 is 26.2. The van der Waals surface area contributed by atoms with Crippen molar-refractivity contribution in [2.45, 2.75) is 11.4 Å². The van der Waals surface area contributed by atoms with E-state index in [0.717, 1.165) is 18.4 Å². The Balaban J connectivity index is 1.98. The predicted octanol–water partition coefficient (Wildman–Crippen LogP) is 1.31. The fraction of sp³-hybridized carbons (Fsp3) is 0.312. The molecule has 2 rings (SSSR count). The first-order chi connectivity index (χ1) is 11.7. The maximum Gasteiger partial charge on any atom is 0.279 e. The first-order valence-electron chi connectivity index (χ1n) is 7.56. The molecule has 2 aromatic rings. The van der Waals surface area contributed by atoms with Crippen molar-refractivity contribution < 1.29 is 18.1 Å². The number of hydrogen-bond donors (Lipinski definition) is 2. The summed E-state index contributed by atoms with van der Waals surface area (Å²) in [5.41, 5.74) is 0.458. The van der Waals surface area contributed by atoms with Crippen molar-refractivity contribution in [2.24, 2.45) is 0 Å². The SMILES string of the molecule is CN(C)S(=O)(=O)c1cccc(NC(=O)C[NH+](C)Cc2ccc(Cl)s2)c1. The molecule has 0 radical (unpaired) electrons. The molecule has 1 heterocycles. The minimum Gasteiger partial charge on any atom is -0.325 e. The molecule has 0 aliphatic heterocycles. The Bertz CT molecular complexity index is 850. The molecule has 1 amide bonds. The molecule has 1 aromatic heterocycles. The highest BCUT2D eigenvalue weighted by molar-refractivity contribution is 7.89. The van der Waals surface area contributed by atoms with E-state index in [1.807, 2.05) is 19.2 Å². The number of rotatable bonds is 7. The lowest BCUT2D eigenvalue weighted by atomic mass is 10.3. The van der Waals surface area contributed by atoms with Crippen LogP contribution in [0, 0.1) is 0 Å². The molecule has 1 unspecified atom stereocenters. The van der Waals surface area contributed by atoms with Gasteiger partial charge in [0.15, 0.2) is 6.54 Å². The van der Waals surface area contributed by atoms with E-state index in [1.165, 1.54) is 37.6 Å². The maximum atomic E-state index is 12.2. The summed E-state index contributed by atoms with van der Waals surface area (Å²) >= 11 is 7.40. The van der Waals surface area contributed by atoms with Gasteiger partial charge in [0.2, 0.25) is 10.0 Å². The number of halogens is 1. The van der Waals surface area contributed by atoms with Gasteiger partial charge in [0.1, 0.15) is 6.54 Å². The van der Waals surface area contributed by atoms with Crippen molar-refractivity contribution >= 4 is 44.6 Å². The predicted molar refractivity (Wildman–Crippen MR) is 101 cm³/mol. The number of likely N-dealkylation sites (N-methyl/N-ethyl adjacent to an activating group) is 1. The van der Waals surface area contributed by atoms with Crippen LogP contribution < -0.4 is 10.2 Å². The summed E-state index contributed by atoms with van der Waals surface area (Å²) in [4.78, 5) is 14.5. The van der Waals surface area contributed by atoms with Crippen LogP contribution in [-0.2, 0) is 21.4 Å². The normalized spacial score (nSPS) is 13.0. The van der Waals surface area contributed by atoms with Crippen molar-refractivity contribution in [3.05, 3.63) is 45.6 Å². The van der Waals surface area contributed by atoms with E-state index >= 15 is 0 Å². The van der Waals surface area contributed by atoms with Crippen molar-refractivity contribution in [2.75, 3.05) is 33.0 Å². The summed E-state index contributed by atoms with van der Waals surface area (Å²) in [6.45, 7) is 0.958. The highest BCUT2D eigenvalue weighted by Crippen LogP contribution is 2.20. The topological polar surface area (TPSA) is 70.9 Å². The summed E-state index contributed by atoms with van der Waals surface area (Å²) in [5, 5.41) is 2.75. The van der Waals surface area contributed by atoms with Crippen LogP contribution in [0.5, 0.6) is 0 Å². The Morgan fingerprint density at radius 2 is 2.00 bits per heavy atom. The number of nitrogens with zero attached hydrogens (tertiary/aromatic N) is 1. The fourth-order valence-electron chi connectivity index (χ4n) is 2.23. The summed E-state index contributed by atoms with van der Waals surface area (Å²) in [6.07, 6.45) is 0. The smallest absolute Gasteiger partial charge is 0.279 e. The molecule has 6 nitrogen and oxygen atoms in total. The maximum absolute atomic E-state index is 12.2. The van der Waals surface area contributed by atoms with Gasteiger partial charge >= 0.3 is 0 Å². The first-order valence-corrected chi connectivity index (χ1v) is 10.2. The van der Waals surface area contributed by atoms with Gasteiger partial charge in [-0.2, -0.15) is 0 Å². The molecule has 1 atom stereocenters. The zero-order valence-corrected chi connectivity index (χ0v) is 16.6. The van der Waals surface area contributed by atoms with Crippen LogP contribution in [0.4, 0.5) is 5.69 Å². The second-order valence-electron chi connectivity index (χ2n) is 5.88. The van der Waals surface area contributed by atoms with Crippen LogP contribution in [0.15, 0.2) is 41.3 Å². The standard InChI is InChI=1S/C16H20ClN3O3S2/c1-19(2)25(22,23)14-6-4-5-12(9-14)18-16(21)11-20(3)10-13-7-8-15(17)24-13/h4-9H,10-11H2,1-3H3,(H,18,21)/p+1. The number of nitrogens with one attached hydrogen (secondary N) is 2. The molecule has 2 N–H and O–H groups in total. The summed E-state index contributed by atoms with van der Waals surface area (Å²) in [5.74, 6) is -0.181. The molecular weight excluding hydrogens is 382 g/mol. The Hall–Kier alpha value is -1.45. The number of anilines is 1. The van der Waals surface area contributed by atoms with Gasteiger partial charge in [0.05, 0.1) is 21.2 Å². The van der Waals surface area contributed by atoms with Gasteiger partial charge in [-0.3, -0.25) is 4.79 Å². The second-order valence-corrected chi connectivity index (χ2v) is 9.83. The van der Waals surface area contributed by atoms with E-state index in [1.54, 1.807) is 12.1 Å². The van der Waals surface area contributed by atoms with E-state index < -0.39 is 10.0 Å². The van der Waals surface area contributed by atoms with Crippen LogP contribution in [0.1, 0.15) is 4.88 Å². The Labute approximate surface area is 157 Å². The molecule has 0 bridgehead atoms. The van der Waals surface area contributed by atoms with Crippen molar-refractivity contribution in [1.29, 1.82) is 0 Å². The van der Waals surface area contributed by atoms with Gasteiger partial charge in [-0.25, -0.2) is 12.7 Å². The lowest BCUT2D eigenvalue weighted by Crippen LogP contribution is -3.08. The average molecular weight is 403 g/mol. The molecule has 0 aliphatic carbocycles. The third-order valence-corrected chi connectivity index (χ3v) is 6.51. The van der Waals surface area contributed by atoms with Crippen LogP contribution in [0.25, 0.3) is 0 Å². The number of thiophene rings is 1. The zero-order valence-electron chi connectivity index (χ0n) is 14.2. The van der Waals surface area contributed by atoms with Crippen LogP contribution in [0.2, 0.25) is 4.34 Å². The third-order valence-electron chi connectivity index (χ3n) is 3.46. The molecule has 0 saturated heterocycles. The van der Waals surface area contributed by atoms with Gasteiger partial charge in [-0.05, 0) is 30.3 Å². The average Bonchev–Trinajstić information content (AvgIpc) is 2.91. The fourth-order valence-corrected chi connectivity index (χ4v) is 4.38. The Morgan fingerprint density at radius 1 is 1.28 bits per heavy atom. The van der Waals surface area contributed by atoms with Gasteiger partial charge in [0.25, 0.3) is 5.91 Å². The molecule has 25 heavy (non-hydrogen) atoms.